The van der Waals surface area contributed by atoms with E-state index in [2.05, 4.69) is 24.1 Å². The fraction of sp³-hybridized carbons (Fsp3) is 0.833. The summed E-state index contributed by atoms with van der Waals surface area (Å²) in [4.78, 5) is 24.7. The van der Waals surface area contributed by atoms with Gasteiger partial charge in [-0.2, -0.15) is 0 Å². The maximum Gasteiger partial charge on any atom is 0.319 e. The lowest BCUT2D eigenvalue weighted by Gasteiger charge is -2.21. The van der Waals surface area contributed by atoms with E-state index in [0.717, 1.165) is 13.0 Å². The molecule has 0 spiro atoms. The number of carbonyl (C=O) groups is 2. The summed E-state index contributed by atoms with van der Waals surface area (Å²) in [7, 11) is 2.03. The zero-order chi connectivity index (χ0) is 13.1. The van der Waals surface area contributed by atoms with Crippen LogP contribution in [0.5, 0.6) is 0 Å². The molecule has 0 bridgehead atoms. The first-order chi connectivity index (χ1) is 7.90. The van der Waals surface area contributed by atoms with Gasteiger partial charge < -0.3 is 15.3 Å². The maximum atomic E-state index is 11.6. The Morgan fingerprint density at radius 1 is 1.41 bits per heavy atom. The molecule has 0 atom stereocenters. The zero-order valence-corrected chi connectivity index (χ0v) is 10.8. The lowest BCUT2D eigenvalue weighted by atomic mass is 10.1. The van der Waals surface area contributed by atoms with Crippen LogP contribution in [0.4, 0.5) is 0 Å². The van der Waals surface area contributed by atoms with Gasteiger partial charge in [-0.3, -0.25) is 9.59 Å². The SMILES string of the molecule is CC(C)N(C)CCCNC(=O)C1(C(=O)O)CC1. The second-order valence-electron chi connectivity index (χ2n) is 5.07. The fourth-order valence-corrected chi connectivity index (χ4v) is 1.62. The molecule has 1 aliphatic rings. The minimum atomic E-state index is -1.11. The Hall–Kier alpha value is -1.10. The molecular weight excluding hydrogens is 220 g/mol. The summed E-state index contributed by atoms with van der Waals surface area (Å²) in [6.45, 7) is 5.67. The van der Waals surface area contributed by atoms with E-state index in [1.54, 1.807) is 0 Å². The van der Waals surface area contributed by atoms with Gasteiger partial charge in [0, 0.05) is 12.6 Å². The highest BCUT2D eigenvalue weighted by Crippen LogP contribution is 2.45. The molecule has 1 aliphatic carbocycles. The molecule has 98 valence electrons. The topological polar surface area (TPSA) is 69.6 Å². The molecule has 1 rings (SSSR count). The van der Waals surface area contributed by atoms with E-state index >= 15 is 0 Å². The highest BCUT2D eigenvalue weighted by atomic mass is 16.4. The van der Waals surface area contributed by atoms with Crippen molar-refractivity contribution in [1.29, 1.82) is 0 Å². The van der Waals surface area contributed by atoms with Crippen LogP contribution in [0, 0.1) is 5.41 Å². The minimum absolute atomic E-state index is 0.322. The average molecular weight is 242 g/mol. The van der Waals surface area contributed by atoms with Gasteiger partial charge in [0.25, 0.3) is 0 Å². The van der Waals surface area contributed by atoms with Gasteiger partial charge in [-0.25, -0.2) is 0 Å². The smallest absolute Gasteiger partial charge is 0.319 e. The number of rotatable bonds is 7. The van der Waals surface area contributed by atoms with Crippen molar-refractivity contribution in [1.82, 2.24) is 10.2 Å². The predicted molar refractivity (Wildman–Crippen MR) is 64.7 cm³/mol. The standard InChI is InChI=1S/C12H22N2O3/c1-9(2)14(3)8-4-7-13-10(15)12(5-6-12)11(16)17/h9H,4-8H2,1-3H3,(H,13,15)(H,16,17). The summed E-state index contributed by atoms with van der Waals surface area (Å²) in [5.41, 5.74) is -1.11. The van der Waals surface area contributed by atoms with Gasteiger partial charge in [-0.15, -0.1) is 0 Å². The molecule has 0 saturated heterocycles. The first-order valence-electron chi connectivity index (χ1n) is 6.12. The third-order valence-corrected chi connectivity index (χ3v) is 3.45. The predicted octanol–water partition coefficient (Wildman–Crippen LogP) is 0.698. The molecule has 0 heterocycles. The third kappa shape index (κ3) is 3.43. The van der Waals surface area contributed by atoms with Crippen LogP contribution in [0.2, 0.25) is 0 Å². The Balaban J connectivity index is 2.20. The summed E-state index contributed by atoms with van der Waals surface area (Å²) >= 11 is 0. The monoisotopic (exact) mass is 242 g/mol. The molecule has 0 aromatic heterocycles. The van der Waals surface area contributed by atoms with Crippen LogP contribution >= 0.6 is 0 Å². The Labute approximate surface area is 102 Å². The van der Waals surface area contributed by atoms with Gasteiger partial charge in [0.15, 0.2) is 0 Å². The van der Waals surface area contributed by atoms with Gasteiger partial charge in [-0.1, -0.05) is 0 Å². The van der Waals surface area contributed by atoms with Crippen LogP contribution in [0.3, 0.4) is 0 Å². The number of carboxylic acid groups (broad SMARTS) is 1. The molecule has 0 aromatic rings. The summed E-state index contributed by atoms with van der Waals surface area (Å²) in [5, 5.41) is 11.6. The van der Waals surface area contributed by atoms with E-state index in [-0.39, 0.29) is 5.91 Å². The van der Waals surface area contributed by atoms with Crippen molar-refractivity contribution in [2.24, 2.45) is 5.41 Å². The summed E-state index contributed by atoms with van der Waals surface area (Å²) < 4.78 is 0. The molecule has 1 amide bonds. The number of nitrogens with zero attached hydrogens (tertiary/aromatic N) is 1. The molecule has 0 aliphatic heterocycles. The molecule has 17 heavy (non-hydrogen) atoms. The lowest BCUT2D eigenvalue weighted by molar-refractivity contribution is -0.149. The van der Waals surface area contributed by atoms with Crippen molar-refractivity contribution < 1.29 is 14.7 Å². The fourth-order valence-electron chi connectivity index (χ4n) is 1.62. The van der Waals surface area contributed by atoms with Gasteiger partial charge >= 0.3 is 5.97 Å². The van der Waals surface area contributed by atoms with Crippen LogP contribution in [-0.2, 0) is 9.59 Å². The molecule has 0 unspecified atom stereocenters. The molecule has 5 nitrogen and oxygen atoms in total. The largest absolute Gasteiger partial charge is 0.480 e. The summed E-state index contributed by atoms with van der Waals surface area (Å²) in [6, 6.07) is 0.486. The van der Waals surface area contributed by atoms with Crippen molar-refractivity contribution in [3.8, 4) is 0 Å². The second kappa shape index (κ2) is 5.49. The molecular formula is C12H22N2O3. The molecule has 0 aromatic carbocycles. The second-order valence-corrected chi connectivity index (χ2v) is 5.07. The van der Waals surface area contributed by atoms with Gasteiger partial charge in [0.1, 0.15) is 5.41 Å². The number of hydrogen-bond donors (Lipinski definition) is 2. The highest BCUT2D eigenvalue weighted by molar-refractivity contribution is 6.04. The Morgan fingerprint density at radius 2 is 2.00 bits per heavy atom. The van der Waals surface area contributed by atoms with Gasteiger partial charge in [0.2, 0.25) is 5.91 Å². The van der Waals surface area contributed by atoms with E-state index in [4.69, 9.17) is 5.11 Å². The first kappa shape index (κ1) is 14.0. The third-order valence-electron chi connectivity index (χ3n) is 3.45. The maximum absolute atomic E-state index is 11.6. The van der Waals surface area contributed by atoms with Crippen molar-refractivity contribution in [3.05, 3.63) is 0 Å². The summed E-state index contributed by atoms with van der Waals surface area (Å²) in [6.07, 6.45) is 1.79. The normalized spacial score (nSPS) is 17.2. The number of hydrogen-bond acceptors (Lipinski definition) is 3. The summed E-state index contributed by atoms with van der Waals surface area (Å²) in [5.74, 6) is -1.31. The van der Waals surface area contributed by atoms with Crippen molar-refractivity contribution in [3.63, 3.8) is 0 Å². The number of nitrogens with one attached hydrogen (secondary N) is 1. The van der Waals surface area contributed by atoms with E-state index in [9.17, 15) is 9.59 Å². The molecule has 1 saturated carbocycles. The van der Waals surface area contributed by atoms with Gasteiger partial charge in [0.05, 0.1) is 0 Å². The molecule has 0 radical (unpaired) electrons. The minimum Gasteiger partial charge on any atom is -0.480 e. The molecule has 1 fully saturated rings. The lowest BCUT2D eigenvalue weighted by Crippen LogP contribution is -2.38. The quantitative estimate of drug-likeness (QED) is 0.509. The van der Waals surface area contributed by atoms with Crippen LogP contribution < -0.4 is 5.32 Å². The number of carbonyl (C=O) groups excluding carboxylic acids is 1. The van der Waals surface area contributed by atoms with Gasteiger partial charge in [-0.05, 0) is 46.7 Å². The molecule has 2 N–H and O–H groups in total. The average Bonchev–Trinajstić information content (AvgIpc) is 3.04. The Morgan fingerprint density at radius 3 is 2.41 bits per heavy atom. The number of amides is 1. The Bertz CT molecular complexity index is 298. The van der Waals surface area contributed by atoms with E-state index in [0.29, 0.717) is 25.4 Å². The van der Waals surface area contributed by atoms with Crippen molar-refractivity contribution in [2.45, 2.75) is 39.2 Å². The van der Waals surface area contributed by atoms with Crippen molar-refractivity contribution in [2.75, 3.05) is 20.1 Å². The van der Waals surface area contributed by atoms with E-state index in [1.807, 2.05) is 7.05 Å². The Kier molecular flexibility index (Phi) is 4.51. The van der Waals surface area contributed by atoms with E-state index < -0.39 is 11.4 Å². The van der Waals surface area contributed by atoms with Crippen LogP contribution in [-0.4, -0.2) is 48.1 Å². The zero-order valence-electron chi connectivity index (χ0n) is 10.8. The molecule has 5 heteroatoms. The van der Waals surface area contributed by atoms with Crippen LogP contribution in [0.1, 0.15) is 33.1 Å². The first-order valence-corrected chi connectivity index (χ1v) is 6.12. The number of carboxylic acids is 1. The van der Waals surface area contributed by atoms with E-state index in [1.165, 1.54) is 0 Å². The van der Waals surface area contributed by atoms with Crippen molar-refractivity contribution >= 4 is 11.9 Å². The number of aliphatic carboxylic acids is 1. The van der Waals surface area contributed by atoms with Crippen LogP contribution in [0.25, 0.3) is 0 Å². The van der Waals surface area contributed by atoms with Crippen LogP contribution in [0.15, 0.2) is 0 Å². The highest BCUT2D eigenvalue weighted by Gasteiger charge is 2.56.